The largest absolute Gasteiger partial charge is 0.397 e. The molecule has 1 aromatic heterocycles. The number of aliphatic hydroxyl groups is 1. The molecule has 100 valence electrons. The minimum absolute atomic E-state index is 0.167. The van der Waals surface area contributed by atoms with E-state index in [1.54, 1.807) is 12.3 Å². The van der Waals surface area contributed by atoms with E-state index in [-0.39, 0.29) is 5.91 Å². The number of nitrogens with zero attached hydrogens (tertiary/aromatic N) is 1. The summed E-state index contributed by atoms with van der Waals surface area (Å²) in [6.07, 6.45) is 4.43. The van der Waals surface area contributed by atoms with Gasteiger partial charge in [0, 0.05) is 19.3 Å². The van der Waals surface area contributed by atoms with E-state index in [1.807, 2.05) is 4.57 Å². The van der Waals surface area contributed by atoms with Crippen LogP contribution in [-0.2, 0) is 6.54 Å². The molecule has 1 atom stereocenters. The first-order valence-electron chi connectivity index (χ1n) is 6.53. The first-order chi connectivity index (χ1) is 8.61. The summed E-state index contributed by atoms with van der Waals surface area (Å²) in [6.45, 7) is 3.14. The van der Waals surface area contributed by atoms with Crippen LogP contribution in [0.15, 0.2) is 12.3 Å². The molecule has 1 unspecified atom stereocenters. The van der Waals surface area contributed by atoms with Crippen LogP contribution in [0.2, 0.25) is 0 Å². The van der Waals surface area contributed by atoms with E-state index in [2.05, 4.69) is 12.2 Å². The maximum Gasteiger partial charge on any atom is 0.268 e. The van der Waals surface area contributed by atoms with Gasteiger partial charge in [0.15, 0.2) is 0 Å². The molecule has 0 aliphatic heterocycles. The number of hydrogen-bond acceptors (Lipinski definition) is 3. The average Bonchev–Trinajstić information content (AvgIpc) is 3.11. The summed E-state index contributed by atoms with van der Waals surface area (Å²) in [5.74, 6) is 0.206. The molecule has 1 fully saturated rings. The number of nitrogen functional groups attached to an aromatic ring is 1. The zero-order chi connectivity index (χ0) is 13.1. The smallest absolute Gasteiger partial charge is 0.268 e. The number of rotatable bonds is 6. The Balaban J connectivity index is 1.94. The van der Waals surface area contributed by atoms with Crippen LogP contribution in [0.5, 0.6) is 0 Å². The van der Waals surface area contributed by atoms with E-state index in [1.165, 1.54) is 0 Å². The monoisotopic (exact) mass is 251 g/mol. The maximum absolute atomic E-state index is 12.0. The van der Waals surface area contributed by atoms with Crippen molar-refractivity contribution in [3.8, 4) is 0 Å². The van der Waals surface area contributed by atoms with Crippen molar-refractivity contribution >= 4 is 11.6 Å². The van der Waals surface area contributed by atoms with Crippen molar-refractivity contribution < 1.29 is 9.90 Å². The molecule has 0 bridgehead atoms. The number of aryl methyl sites for hydroxylation is 1. The van der Waals surface area contributed by atoms with Gasteiger partial charge in [-0.2, -0.15) is 0 Å². The summed E-state index contributed by atoms with van der Waals surface area (Å²) >= 11 is 0. The first kappa shape index (κ1) is 13.0. The second kappa shape index (κ2) is 5.44. The predicted octanol–water partition coefficient (Wildman–Crippen LogP) is 0.981. The van der Waals surface area contributed by atoms with Crippen LogP contribution in [-0.4, -0.2) is 28.2 Å². The number of carbonyl (C=O) groups excluding carboxylic acids is 1. The van der Waals surface area contributed by atoms with Gasteiger partial charge >= 0.3 is 0 Å². The molecule has 18 heavy (non-hydrogen) atoms. The number of carbonyl (C=O) groups is 1. The van der Waals surface area contributed by atoms with Crippen molar-refractivity contribution in [2.75, 3.05) is 12.3 Å². The Morgan fingerprint density at radius 3 is 3.00 bits per heavy atom. The minimum Gasteiger partial charge on any atom is -0.397 e. The third kappa shape index (κ3) is 3.04. The van der Waals surface area contributed by atoms with Gasteiger partial charge in [0.25, 0.3) is 5.91 Å². The minimum atomic E-state index is -0.416. The van der Waals surface area contributed by atoms with E-state index in [4.69, 9.17) is 5.73 Å². The van der Waals surface area contributed by atoms with Gasteiger partial charge in [0.1, 0.15) is 5.69 Å². The van der Waals surface area contributed by atoms with Crippen LogP contribution >= 0.6 is 0 Å². The Kier molecular flexibility index (Phi) is 3.91. The molecule has 0 radical (unpaired) electrons. The molecule has 1 aliphatic rings. The zero-order valence-corrected chi connectivity index (χ0v) is 10.7. The number of aliphatic hydroxyl groups excluding tert-OH is 1. The summed E-state index contributed by atoms with van der Waals surface area (Å²) in [7, 11) is 0. The molecule has 1 heterocycles. The third-order valence-electron chi connectivity index (χ3n) is 3.25. The van der Waals surface area contributed by atoms with Gasteiger partial charge in [-0.1, -0.05) is 6.92 Å². The third-order valence-corrected chi connectivity index (χ3v) is 3.25. The highest BCUT2D eigenvalue weighted by Crippen LogP contribution is 2.32. The number of nitrogens with one attached hydrogen (secondary N) is 1. The predicted molar refractivity (Wildman–Crippen MR) is 70.2 cm³/mol. The molecule has 4 N–H and O–H groups in total. The van der Waals surface area contributed by atoms with Gasteiger partial charge in [-0.15, -0.1) is 0 Å². The summed E-state index contributed by atoms with van der Waals surface area (Å²) in [4.78, 5) is 12.0. The van der Waals surface area contributed by atoms with Crippen LogP contribution in [0.25, 0.3) is 0 Å². The molecule has 2 rings (SSSR count). The van der Waals surface area contributed by atoms with Gasteiger partial charge in [-0.3, -0.25) is 4.79 Å². The van der Waals surface area contributed by atoms with Crippen LogP contribution < -0.4 is 11.1 Å². The van der Waals surface area contributed by atoms with Gasteiger partial charge in [0.05, 0.1) is 11.8 Å². The van der Waals surface area contributed by atoms with Crippen molar-refractivity contribution in [2.45, 2.75) is 38.8 Å². The van der Waals surface area contributed by atoms with Crippen LogP contribution in [0.1, 0.15) is 36.7 Å². The van der Waals surface area contributed by atoms with Gasteiger partial charge in [-0.05, 0) is 31.2 Å². The molecular weight excluding hydrogens is 230 g/mol. The van der Waals surface area contributed by atoms with E-state index >= 15 is 0 Å². The van der Waals surface area contributed by atoms with Crippen LogP contribution in [0, 0.1) is 5.92 Å². The standard InChI is InChI=1S/C13H21N3O2/c1-2-5-16-8-10(14)6-11(16)13(18)15-7-12(17)9-3-4-9/h6,8-9,12,17H,2-5,7,14H2,1H3,(H,15,18). The van der Waals surface area contributed by atoms with Crippen LogP contribution in [0.4, 0.5) is 5.69 Å². The Morgan fingerprint density at radius 2 is 2.39 bits per heavy atom. The highest BCUT2D eigenvalue weighted by Gasteiger charge is 2.29. The number of anilines is 1. The Hall–Kier alpha value is -1.49. The normalized spacial score (nSPS) is 16.6. The fourth-order valence-electron chi connectivity index (χ4n) is 2.08. The van der Waals surface area contributed by atoms with Gasteiger partial charge < -0.3 is 20.7 Å². The summed E-state index contributed by atoms with van der Waals surface area (Å²) < 4.78 is 1.86. The summed E-state index contributed by atoms with van der Waals surface area (Å²) in [6, 6.07) is 1.68. The number of aromatic nitrogens is 1. The highest BCUT2D eigenvalue weighted by atomic mass is 16.3. The van der Waals surface area contributed by atoms with Gasteiger partial charge in [0.2, 0.25) is 0 Å². The molecule has 1 aliphatic carbocycles. The Labute approximate surface area is 107 Å². The molecule has 5 nitrogen and oxygen atoms in total. The van der Waals surface area contributed by atoms with Crippen molar-refractivity contribution in [2.24, 2.45) is 5.92 Å². The average molecular weight is 251 g/mol. The highest BCUT2D eigenvalue weighted by molar-refractivity contribution is 5.93. The Morgan fingerprint density at radius 1 is 1.67 bits per heavy atom. The van der Waals surface area contributed by atoms with Crippen molar-refractivity contribution in [1.82, 2.24) is 9.88 Å². The lowest BCUT2D eigenvalue weighted by Gasteiger charge is -2.12. The molecule has 1 aromatic rings. The number of hydrogen-bond donors (Lipinski definition) is 3. The molecule has 1 saturated carbocycles. The zero-order valence-electron chi connectivity index (χ0n) is 10.7. The fraction of sp³-hybridized carbons (Fsp3) is 0.615. The summed E-state index contributed by atoms with van der Waals surface area (Å²) in [5, 5.41) is 12.5. The molecule has 5 heteroatoms. The molecule has 1 amide bonds. The van der Waals surface area contributed by atoms with Crippen LogP contribution in [0.3, 0.4) is 0 Å². The molecule has 0 aromatic carbocycles. The second-order valence-electron chi connectivity index (χ2n) is 4.97. The number of amides is 1. The van der Waals surface area contributed by atoms with Gasteiger partial charge in [-0.25, -0.2) is 0 Å². The van der Waals surface area contributed by atoms with E-state index in [9.17, 15) is 9.90 Å². The Bertz CT molecular complexity index is 424. The quantitative estimate of drug-likeness (QED) is 0.705. The van der Waals surface area contributed by atoms with Crippen molar-refractivity contribution in [1.29, 1.82) is 0 Å². The SMILES string of the molecule is CCCn1cc(N)cc1C(=O)NCC(O)C1CC1. The van der Waals surface area contributed by atoms with Crippen molar-refractivity contribution in [3.05, 3.63) is 18.0 Å². The second-order valence-corrected chi connectivity index (χ2v) is 4.97. The maximum atomic E-state index is 12.0. The molecule has 0 saturated heterocycles. The van der Waals surface area contributed by atoms with Crippen molar-refractivity contribution in [3.63, 3.8) is 0 Å². The van der Waals surface area contributed by atoms with E-state index in [0.717, 1.165) is 25.8 Å². The lowest BCUT2D eigenvalue weighted by atomic mass is 10.2. The molecule has 0 spiro atoms. The van der Waals surface area contributed by atoms with E-state index in [0.29, 0.717) is 23.8 Å². The number of nitrogens with two attached hydrogens (primary N) is 1. The van der Waals surface area contributed by atoms with E-state index < -0.39 is 6.10 Å². The summed E-state index contributed by atoms with van der Waals surface area (Å²) in [5.41, 5.74) is 6.87. The lowest BCUT2D eigenvalue weighted by molar-refractivity contribution is 0.0892. The first-order valence-corrected chi connectivity index (χ1v) is 6.53. The lowest BCUT2D eigenvalue weighted by Crippen LogP contribution is -2.34. The fourth-order valence-corrected chi connectivity index (χ4v) is 2.08. The topological polar surface area (TPSA) is 80.3 Å². The molecular formula is C13H21N3O2.